The van der Waals surface area contributed by atoms with Crippen LogP contribution in [-0.2, 0) is 4.74 Å². The van der Waals surface area contributed by atoms with Gasteiger partial charge in [0.1, 0.15) is 0 Å². The van der Waals surface area contributed by atoms with Gasteiger partial charge in [-0.15, -0.1) is 5.10 Å². The van der Waals surface area contributed by atoms with Crippen LogP contribution in [0.15, 0.2) is 24.4 Å². The first-order chi connectivity index (χ1) is 12.8. The summed E-state index contributed by atoms with van der Waals surface area (Å²) in [7, 11) is 3.20. The molecular weight excluding hydrogens is 336 g/mol. The fourth-order valence-corrected chi connectivity index (χ4v) is 2.65. The van der Waals surface area contributed by atoms with Crippen LogP contribution in [0.5, 0.6) is 11.5 Å². The number of methoxy groups -OCH3 is 2. The Hall–Kier alpha value is -2.65. The van der Waals surface area contributed by atoms with Gasteiger partial charge in [-0.1, -0.05) is 0 Å². The second-order valence-corrected chi connectivity index (χ2v) is 5.74. The van der Waals surface area contributed by atoms with Crippen LogP contribution in [0.25, 0.3) is 0 Å². The largest absolute Gasteiger partial charge is 0.493 e. The average molecular weight is 360 g/mol. The summed E-state index contributed by atoms with van der Waals surface area (Å²) in [5.74, 6) is 2.38. The molecule has 1 saturated heterocycles. The molecule has 26 heavy (non-hydrogen) atoms. The van der Waals surface area contributed by atoms with Crippen LogP contribution in [0.1, 0.15) is 0 Å². The number of ether oxygens (including phenoxy) is 3. The lowest BCUT2D eigenvalue weighted by Gasteiger charge is -2.26. The van der Waals surface area contributed by atoms with E-state index in [4.69, 9.17) is 14.2 Å². The van der Waals surface area contributed by atoms with Crippen molar-refractivity contribution in [1.29, 1.82) is 0 Å². The van der Waals surface area contributed by atoms with Gasteiger partial charge in [-0.2, -0.15) is 10.1 Å². The van der Waals surface area contributed by atoms with Crippen molar-refractivity contribution in [2.75, 3.05) is 64.2 Å². The molecule has 1 aromatic carbocycles. The molecule has 0 unspecified atom stereocenters. The van der Waals surface area contributed by atoms with Crippen LogP contribution < -0.4 is 20.1 Å². The monoisotopic (exact) mass is 360 g/mol. The average Bonchev–Trinajstić information content (AvgIpc) is 2.69. The van der Waals surface area contributed by atoms with Gasteiger partial charge in [0.15, 0.2) is 17.3 Å². The molecule has 0 aliphatic carbocycles. The Morgan fingerprint density at radius 3 is 2.73 bits per heavy atom. The van der Waals surface area contributed by atoms with E-state index in [1.165, 1.54) is 0 Å². The summed E-state index contributed by atoms with van der Waals surface area (Å²) in [6, 6.07) is 5.50. The quantitative estimate of drug-likeness (QED) is 0.724. The second kappa shape index (κ2) is 9.16. The molecule has 3 rings (SSSR count). The van der Waals surface area contributed by atoms with E-state index in [0.717, 1.165) is 45.1 Å². The number of aromatic nitrogens is 3. The van der Waals surface area contributed by atoms with Crippen LogP contribution in [0.2, 0.25) is 0 Å². The molecule has 1 aliphatic heterocycles. The highest BCUT2D eigenvalue weighted by atomic mass is 16.5. The molecule has 1 aliphatic rings. The van der Waals surface area contributed by atoms with Gasteiger partial charge in [-0.3, -0.25) is 4.90 Å². The van der Waals surface area contributed by atoms with E-state index in [2.05, 4.69) is 30.7 Å². The number of nitrogens with zero attached hydrogens (tertiary/aromatic N) is 4. The number of benzene rings is 1. The Labute approximate surface area is 152 Å². The molecule has 9 nitrogen and oxygen atoms in total. The zero-order valence-electron chi connectivity index (χ0n) is 15.1. The van der Waals surface area contributed by atoms with Crippen LogP contribution in [-0.4, -0.2) is 73.7 Å². The predicted molar refractivity (Wildman–Crippen MR) is 98.4 cm³/mol. The molecule has 1 aromatic heterocycles. The lowest BCUT2D eigenvalue weighted by Crippen LogP contribution is -2.39. The summed E-state index contributed by atoms with van der Waals surface area (Å²) in [6.07, 6.45) is 1.61. The standard InChI is InChI=1S/C17H24N6O3/c1-24-14-4-3-13(11-15(14)25-2)20-17-21-16(12-19-22-17)18-5-6-23-7-9-26-10-8-23/h3-4,11-12H,5-10H2,1-2H3,(H2,18,20,21,22). The lowest BCUT2D eigenvalue weighted by molar-refractivity contribution is 0.0398. The van der Waals surface area contributed by atoms with E-state index >= 15 is 0 Å². The Kier molecular flexibility index (Phi) is 6.39. The van der Waals surface area contributed by atoms with Gasteiger partial charge < -0.3 is 24.8 Å². The molecule has 140 valence electrons. The van der Waals surface area contributed by atoms with Gasteiger partial charge in [0, 0.05) is 37.9 Å². The third-order valence-electron chi connectivity index (χ3n) is 4.04. The van der Waals surface area contributed by atoms with Crippen molar-refractivity contribution >= 4 is 17.5 Å². The van der Waals surface area contributed by atoms with Crippen molar-refractivity contribution in [3.8, 4) is 11.5 Å². The number of hydrogen-bond donors (Lipinski definition) is 2. The topological polar surface area (TPSA) is 93.7 Å². The third kappa shape index (κ3) is 4.93. The van der Waals surface area contributed by atoms with Crippen molar-refractivity contribution in [1.82, 2.24) is 20.1 Å². The Balaban J connectivity index is 1.56. The maximum absolute atomic E-state index is 5.35. The number of anilines is 3. The summed E-state index contributed by atoms with van der Waals surface area (Å²) < 4.78 is 15.9. The normalized spacial score (nSPS) is 14.7. The minimum absolute atomic E-state index is 0.411. The molecule has 9 heteroatoms. The van der Waals surface area contributed by atoms with E-state index in [0.29, 0.717) is 23.3 Å². The van der Waals surface area contributed by atoms with Gasteiger partial charge in [0.2, 0.25) is 5.95 Å². The third-order valence-corrected chi connectivity index (χ3v) is 4.04. The zero-order valence-corrected chi connectivity index (χ0v) is 15.1. The van der Waals surface area contributed by atoms with Crippen LogP contribution in [0, 0.1) is 0 Å². The molecule has 1 fully saturated rings. The molecule has 0 bridgehead atoms. The highest BCUT2D eigenvalue weighted by Crippen LogP contribution is 2.30. The van der Waals surface area contributed by atoms with Crippen molar-refractivity contribution in [3.63, 3.8) is 0 Å². The summed E-state index contributed by atoms with van der Waals surface area (Å²) in [6.45, 7) is 5.26. The SMILES string of the molecule is COc1ccc(Nc2nncc(NCCN3CCOCC3)n2)cc1OC. The van der Waals surface area contributed by atoms with Crippen molar-refractivity contribution < 1.29 is 14.2 Å². The summed E-state index contributed by atoms with van der Waals surface area (Å²) in [5, 5.41) is 14.4. The fourth-order valence-electron chi connectivity index (χ4n) is 2.65. The van der Waals surface area contributed by atoms with Crippen molar-refractivity contribution in [3.05, 3.63) is 24.4 Å². The van der Waals surface area contributed by atoms with Crippen LogP contribution in [0.3, 0.4) is 0 Å². The molecule has 0 saturated carbocycles. The van der Waals surface area contributed by atoms with Crippen LogP contribution >= 0.6 is 0 Å². The minimum atomic E-state index is 0.411. The van der Waals surface area contributed by atoms with Gasteiger partial charge in [-0.25, -0.2) is 0 Å². The first-order valence-electron chi connectivity index (χ1n) is 8.51. The summed E-state index contributed by atoms with van der Waals surface area (Å²) >= 11 is 0. The Morgan fingerprint density at radius 1 is 1.15 bits per heavy atom. The van der Waals surface area contributed by atoms with E-state index < -0.39 is 0 Å². The predicted octanol–water partition coefficient (Wildman–Crippen LogP) is 1.38. The molecule has 0 atom stereocenters. The van der Waals surface area contributed by atoms with Crippen LogP contribution in [0.4, 0.5) is 17.5 Å². The summed E-state index contributed by atoms with van der Waals surface area (Å²) in [4.78, 5) is 6.79. The Bertz CT molecular complexity index is 709. The molecule has 2 N–H and O–H groups in total. The smallest absolute Gasteiger partial charge is 0.249 e. The summed E-state index contributed by atoms with van der Waals surface area (Å²) in [5.41, 5.74) is 0.787. The Morgan fingerprint density at radius 2 is 1.96 bits per heavy atom. The first kappa shape index (κ1) is 18.2. The fraction of sp³-hybridized carbons (Fsp3) is 0.471. The molecule has 0 amide bonds. The van der Waals surface area contributed by atoms with E-state index in [1.807, 2.05) is 18.2 Å². The zero-order chi connectivity index (χ0) is 18.2. The number of morpholine rings is 1. The number of hydrogen-bond acceptors (Lipinski definition) is 9. The van der Waals surface area contributed by atoms with Crippen molar-refractivity contribution in [2.24, 2.45) is 0 Å². The highest BCUT2D eigenvalue weighted by Gasteiger charge is 2.10. The molecule has 0 radical (unpaired) electrons. The molecule has 0 spiro atoms. The molecule has 2 heterocycles. The van der Waals surface area contributed by atoms with Gasteiger partial charge >= 0.3 is 0 Å². The first-order valence-corrected chi connectivity index (χ1v) is 8.51. The van der Waals surface area contributed by atoms with Gasteiger partial charge in [0.25, 0.3) is 0 Å². The van der Waals surface area contributed by atoms with Gasteiger partial charge in [-0.05, 0) is 12.1 Å². The van der Waals surface area contributed by atoms with E-state index in [-0.39, 0.29) is 0 Å². The van der Waals surface area contributed by atoms with E-state index in [1.54, 1.807) is 20.4 Å². The highest BCUT2D eigenvalue weighted by molar-refractivity contribution is 5.60. The number of nitrogens with one attached hydrogen (secondary N) is 2. The van der Waals surface area contributed by atoms with Crippen molar-refractivity contribution in [2.45, 2.75) is 0 Å². The second-order valence-electron chi connectivity index (χ2n) is 5.74. The minimum Gasteiger partial charge on any atom is -0.493 e. The van der Waals surface area contributed by atoms with E-state index in [9.17, 15) is 0 Å². The maximum Gasteiger partial charge on any atom is 0.249 e. The van der Waals surface area contributed by atoms with Gasteiger partial charge in [0.05, 0.1) is 33.6 Å². The lowest BCUT2D eigenvalue weighted by atomic mass is 10.3. The maximum atomic E-state index is 5.35. The molecule has 2 aromatic rings. The molecular formula is C17H24N6O3. The number of rotatable bonds is 8.